The van der Waals surface area contributed by atoms with Gasteiger partial charge in [-0.25, -0.2) is 0 Å². The van der Waals surface area contributed by atoms with E-state index >= 15 is 0 Å². The van der Waals surface area contributed by atoms with Crippen LogP contribution in [-0.2, 0) is 11.3 Å². The van der Waals surface area contributed by atoms with Gasteiger partial charge in [-0.3, -0.25) is 4.79 Å². The number of hydrogen-bond acceptors (Lipinski definition) is 3. The fourth-order valence-electron chi connectivity index (χ4n) is 2.07. The lowest BCUT2D eigenvalue weighted by atomic mass is 10.1. The van der Waals surface area contributed by atoms with Crippen LogP contribution >= 0.6 is 0 Å². The number of carbonyl (C=O) groups excluding carboxylic acids is 1. The van der Waals surface area contributed by atoms with Crippen LogP contribution in [-0.4, -0.2) is 25.2 Å². The molecule has 1 amide bonds. The summed E-state index contributed by atoms with van der Waals surface area (Å²) in [5.74, 6) is 0.746. The fraction of sp³-hybridized carbons (Fsp3) is 0.611. The van der Waals surface area contributed by atoms with Crippen LogP contribution in [0.1, 0.15) is 62.9 Å². The predicted octanol–water partition coefficient (Wildman–Crippen LogP) is 3.93. The molecule has 0 aliphatic rings. The van der Waals surface area contributed by atoms with Gasteiger partial charge in [-0.1, -0.05) is 19.8 Å². The van der Waals surface area contributed by atoms with Gasteiger partial charge in [0.15, 0.2) is 0 Å². The zero-order valence-electron chi connectivity index (χ0n) is 14.3. The van der Waals surface area contributed by atoms with Gasteiger partial charge >= 0.3 is 0 Å². The Labute approximate surface area is 134 Å². The zero-order valence-corrected chi connectivity index (χ0v) is 14.3. The predicted molar refractivity (Wildman–Crippen MR) is 89.4 cm³/mol. The second-order valence-electron chi connectivity index (χ2n) is 5.58. The Morgan fingerprint density at radius 3 is 2.64 bits per heavy atom. The summed E-state index contributed by atoms with van der Waals surface area (Å²) in [6.45, 7) is 9.84. The molecule has 4 nitrogen and oxygen atoms in total. The molecule has 0 bridgehead atoms. The molecule has 124 valence electrons. The molecule has 22 heavy (non-hydrogen) atoms. The molecule has 0 heterocycles. The number of amides is 1. The lowest BCUT2D eigenvalue weighted by molar-refractivity contribution is 0.0641. The first-order valence-electron chi connectivity index (χ1n) is 8.24. The van der Waals surface area contributed by atoms with Gasteiger partial charge in [0, 0.05) is 17.7 Å². The van der Waals surface area contributed by atoms with Crippen molar-refractivity contribution in [2.75, 3.05) is 13.2 Å². The third-order valence-corrected chi connectivity index (χ3v) is 3.26. The molecule has 0 unspecified atom stereocenters. The van der Waals surface area contributed by atoms with Crippen LogP contribution in [0.5, 0.6) is 5.75 Å². The van der Waals surface area contributed by atoms with E-state index in [-0.39, 0.29) is 12.0 Å². The van der Waals surface area contributed by atoms with Crippen molar-refractivity contribution in [2.45, 2.75) is 59.7 Å². The van der Waals surface area contributed by atoms with Crippen LogP contribution in [0.3, 0.4) is 0 Å². The van der Waals surface area contributed by atoms with Crippen molar-refractivity contribution >= 4 is 5.91 Å². The summed E-state index contributed by atoms with van der Waals surface area (Å²) in [6.07, 6.45) is 3.44. The number of unbranched alkanes of at least 4 members (excludes halogenated alkanes) is 2. The molecule has 0 radical (unpaired) electrons. The Balaban J connectivity index is 2.74. The molecule has 0 aliphatic carbocycles. The molecule has 0 saturated heterocycles. The topological polar surface area (TPSA) is 47.6 Å². The van der Waals surface area contributed by atoms with E-state index in [0.717, 1.165) is 37.1 Å². The molecule has 0 atom stereocenters. The van der Waals surface area contributed by atoms with Gasteiger partial charge in [-0.2, -0.15) is 0 Å². The highest BCUT2D eigenvalue weighted by molar-refractivity contribution is 5.94. The lowest BCUT2D eigenvalue weighted by Gasteiger charge is -2.14. The summed E-state index contributed by atoms with van der Waals surface area (Å²) in [5.41, 5.74) is 1.57. The molecule has 1 N–H and O–H groups in total. The van der Waals surface area contributed by atoms with Crippen molar-refractivity contribution < 1.29 is 14.3 Å². The van der Waals surface area contributed by atoms with E-state index in [1.807, 2.05) is 32.9 Å². The minimum atomic E-state index is -0.0371. The number of nitrogens with one attached hydrogen (secondary N) is 1. The SMILES string of the molecule is CCCCCNC(=O)c1ccc(OCC)c(COC(C)C)c1. The van der Waals surface area contributed by atoms with Crippen molar-refractivity contribution in [3.05, 3.63) is 29.3 Å². The normalized spacial score (nSPS) is 10.8. The largest absolute Gasteiger partial charge is 0.494 e. The van der Waals surface area contributed by atoms with E-state index in [1.54, 1.807) is 6.07 Å². The van der Waals surface area contributed by atoms with Crippen LogP contribution in [0.15, 0.2) is 18.2 Å². The van der Waals surface area contributed by atoms with Crippen LogP contribution in [0.4, 0.5) is 0 Å². The van der Waals surface area contributed by atoms with E-state index < -0.39 is 0 Å². The lowest BCUT2D eigenvalue weighted by Crippen LogP contribution is -2.24. The molecule has 0 saturated carbocycles. The molecule has 4 heteroatoms. The highest BCUT2D eigenvalue weighted by atomic mass is 16.5. The second-order valence-corrected chi connectivity index (χ2v) is 5.58. The molecular weight excluding hydrogens is 278 g/mol. The first-order chi connectivity index (χ1) is 10.6. The molecule has 1 aromatic rings. The van der Waals surface area contributed by atoms with Gasteiger partial charge < -0.3 is 14.8 Å². The highest BCUT2D eigenvalue weighted by Gasteiger charge is 2.11. The molecule has 0 aliphatic heterocycles. The summed E-state index contributed by atoms with van der Waals surface area (Å²) in [7, 11) is 0. The maximum Gasteiger partial charge on any atom is 0.251 e. The van der Waals surface area contributed by atoms with E-state index in [9.17, 15) is 4.79 Å². The number of benzene rings is 1. The van der Waals surface area contributed by atoms with E-state index in [2.05, 4.69) is 12.2 Å². The van der Waals surface area contributed by atoms with Gasteiger partial charge in [0.1, 0.15) is 5.75 Å². The van der Waals surface area contributed by atoms with Crippen LogP contribution in [0, 0.1) is 0 Å². The minimum absolute atomic E-state index is 0.0371. The van der Waals surface area contributed by atoms with Crippen LogP contribution < -0.4 is 10.1 Å². The Morgan fingerprint density at radius 1 is 1.23 bits per heavy atom. The molecule has 0 fully saturated rings. The average molecular weight is 307 g/mol. The number of ether oxygens (including phenoxy) is 2. The van der Waals surface area contributed by atoms with Gasteiger partial charge in [-0.05, 0) is 45.4 Å². The third kappa shape index (κ3) is 6.48. The molecular formula is C18H29NO3. The highest BCUT2D eigenvalue weighted by Crippen LogP contribution is 2.22. The number of carbonyl (C=O) groups is 1. The minimum Gasteiger partial charge on any atom is -0.494 e. The van der Waals surface area contributed by atoms with Crippen molar-refractivity contribution in [1.82, 2.24) is 5.32 Å². The zero-order chi connectivity index (χ0) is 16.4. The monoisotopic (exact) mass is 307 g/mol. The summed E-state index contributed by atoms with van der Waals surface area (Å²) < 4.78 is 11.3. The van der Waals surface area contributed by atoms with Gasteiger partial charge in [0.25, 0.3) is 5.91 Å². The second kappa shape index (κ2) is 10.2. The third-order valence-electron chi connectivity index (χ3n) is 3.26. The Morgan fingerprint density at radius 2 is 2.00 bits per heavy atom. The Bertz CT molecular complexity index is 458. The number of hydrogen-bond donors (Lipinski definition) is 1. The average Bonchev–Trinajstić information content (AvgIpc) is 2.50. The maximum atomic E-state index is 12.2. The first kappa shape index (κ1) is 18.5. The smallest absolute Gasteiger partial charge is 0.251 e. The summed E-state index contributed by atoms with van der Waals surface area (Å²) in [4.78, 5) is 12.2. The molecule has 1 aromatic carbocycles. The van der Waals surface area contributed by atoms with Crippen LogP contribution in [0.25, 0.3) is 0 Å². The van der Waals surface area contributed by atoms with Gasteiger partial charge in [0.05, 0.1) is 19.3 Å². The quantitative estimate of drug-likeness (QED) is 0.666. The number of rotatable bonds is 10. The van der Waals surface area contributed by atoms with Crippen molar-refractivity contribution in [1.29, 1.82) is 0 Å². The standard InChI is InChI=1S/C18H29NO3/c1-5-7-8-11-19-18(20)15-9-10-17(21-6-2)16(12-15)13-22-14(3)4/h9-10,12,14H,5-8,11,13H2,1-4H3,(H,19,20). The van der Waals surface area contributed by atoms with E-state index in [1.165, 1.54) is 0 Å². The van der Waals surface area contributed by atoms with E-state index in [0.29, 0.717) is 18.8 Å². The Kier molecular flexibility index (Phi) is 8.60. The van der Waals surface area contributed by atoms with E-state index in [4.69, 9.17) is 9.47 Å². The van der Waals surface area contributed by atoms with Crippen molar-refractivity contribution in [3.63, 3.8) is 0 Å². The summed E-state index contributed by atoms with van der Waals surface area (Å²) in [6, 6.07) is 5.52. The molecule has 1 rings (SSSR count). The summed E-state index contributed by atoms with van der Waals surface area (Å²) >= 11 is 0. The molecule has 0 spiro atoms. The van der Waals surface area contributed by atoms with Crippen LogP contribution in [0.2, 0.25) is 0 Å². The summed E-state index contributed by atoms with van der Waals surface area (Å²) in [5, 5.41) is 2.96. The van der Waals surface area contributed by atoms with Crippen molar-refractivity contribution in [2.24, 2.45) is 0 Å². The van der Waals surface area contributed by atoms with Gasteiger partial charge in [-0.15, -0.1) is 0 Å². The Hall–Kier alpha value is -1.55. The maximum absolute atomic E-state index is 12.2. The van der Waals surface area contributed by atoms with Crippen molar-refractivity contribution in [3.8, 4) is 5.75 Å². The molecule has 0 aromatic heterocycles. The van der Waals surface area contributed by atoms with Gasteiger partial charge in [0.2, 0.25) is 0 Å². The first-order valence-corrected chi connectivity index (χ1v) is 8.24. The fourth-order valence-corrected chi connectivity index (χ4v) is 2.07.